The van der Waals surface area contributed by atoms with E-state index in [9.17, 15) is 0 Å². The maximum absolute atomic E-state index is 9.07. The Hall–Kier alpha value is -1.46. The normalized spacial score (nSPS) is 10.5. The number of benzene rings is 1. The second-order valence-corrected chi connectivity index (χ2v) is 3.90. The lowest BCUT2D eigenvalue weighted by Gasteiger charge is -2.01. The van der Waals surface area contributed by atoms with Crippen LogP contribution in [0.4, 0.5) is 0 Å². The van der Waals surface area contributed by atoms with E-state index in [1.807, 2.05) is 36.6 Å². The predicted octanol–water partition coefficient (Wildman–Crippen LogP) is 3.49. The third kappa shape index (κ3) is 1.40. The Labute approximate surface area is 93.7 Å². The zero-order valence-corrected chi connectivity index (χ0v) is 9.47. The molecule has 1 aromatic carbocycles. The van der Waals surface area contributed by atoms with Gasteiger partial charge in [0.25, 0.3) is 0 Å². The molecule has 15 heavy (non-hydrogen) atoms. The molecule has 0 aliphatic heterocycles. The molecule has 0 spiro atoms. The van der Waals surface area contributed by atoms with Crippen LogP contribution >= 0.6 is 11.6 Å². The van der Waals surface area contributed by atoms with Gasteiger partial charge in [-0.05, 0) is 26.0 Å². The summed E-state index contributed by atoms with van der Waals surface area (Å²) in [6.45, 7) is 4.81. The summed E-state index contributed by atoms with van der Waals surface area (Å²) in [5, 5.41) is 10.6. The van der Waals surface area contributed by atoms with Crippen molar-refractivity contribution in [3.8, 4) is 6.07 Å². The summed E-state index contributed by atoms with van der Waals surface area (Å²) in [7, 11) is 0. The van der Waals surface area contributed by atoms with Crippen molar-refractivity contribution in [3.05, 3.63) is 34.5 Å². The summed E-state index contributed by atoms with van der Waals surface area (Å²) in [5.41, 5.74) is 2.76. The lowest BCUT2D eigenvalue weighted by atomic mass is 10.1. The Bertz CT molecular complexity index is 561. The summed E-state index contributed by atoms with van der Waals surface area (Å²) in [6.07, 6.45) is 0. The SMILES string of the molecule is CCn1c(Cl)c(C#N)c2cc(C)ccc21. The minimum absolute atomic E-state index is 0.542. The van der Waals surface area contributed by atoms with Crippen molar-refractivity contribution in [2.24, 2.45) is 0 Å². The van der Waals surface area contributed by atoms with Gasteiger partial charge in [0.15, 0.2) is 0 Å². The molecule has 76 valence electrons. The molecule has 0 unspecified atom stereocenters. The minimum atomic E-state index is 0.542. The van der Waals surface area contributed by atoms with Crippen LogP contribution in [-0.4, -0.2) is 4.57 Å². The van der Waals surface area contributed by atoms with Crippen molar-refractivity contribution in [2.45, 2.75) is 20.4 Å². The molecule has 2 rings (SSSR count). The van der Waals surface area contributed by atoms with E-state index in [1.165, 1.54) is 0 Å². The van der Waals surface area contributed by atoms with Gasteiger partial charge in [-0.1, -0.05) is 23.2 Å². The molecular weight excluding hydrogens is 208 g/mol. The van der Waals surface area contributed by atoms with Gasteiger partial charge in [0.1, 0.15) is 11.2 Å². The van der Waals surface area contributed by atoms with Crippen LogP contribution in [0.5, 0.6) is 0 Å². The summed E-state index contributed by atoms with van der Waals surface area (Å²) >= 11 is 6.15. The lowest BCUT2D eigenvalue weighted by molar-refractivity contribution is 0.797. The molecule has 0 saturated carbocycles. The molecule has 0 amide bonds. The Morgan fingerprint density at radius 1 is 1.47 bits per heavy atom. The fourth-order valence-electron chi connectivity index (χ4n) is 1.85. The van der Waals surface area contributed by atoms with E-state index in [0.29, 0.717) is 10.7 Å². The van der Waals surface area contributed by atoms with E-state index in [0.717, 1.165) is 23.0 Å². The zero-order chi connectivity index (χ0) is 11.0. The highest BCUT2D eigenvalue weighted by Gasteiger charge is 2.13. The fourth-order valence-corrected chi connectivity index (χ4v) is 2.21. The minimum Gasteiger partial charge on any atom is -0.331 e. The number of fused-ring (bicyclic) bond motifs is 1. The second kappa shape index (κ2) is 3.60. The first-order valence-electron chi connectivity index (χ1n) is 4.87. The highest BCUT2D eigenvalue weighted by atomic mass is 35.5. The van der Waals surface area contributed by atoms with Crippen molar-refractivity contribution in [1.82, 2.24) is 4.57 Å². The number of rotatable bonds is 1. The van der Waals surface area contributed by atoms with E-state index >= 15 is 0 Å². The number of hydrogen-bond acceptors (Lipinski definition) is 1. The summed E-state index contributed by atoms with van der Waals surface area (Å²) in [5.74, 6) is 0. The number of nitrogens with zero attached hydrogens (tertiary/aromatic N) is 2. The molecule has 2 aromatic rings. The highest BCUT2D eigenvalue weighted by molar-refractivity contribution is 6.32. The average Bonchev–Trinajstić information content (AvgIpc) is 2.48. The summed E-state index contributed by atoms with van der Waals surface area (Å²) in [4.78, 5) is 0. The molecule has 1 heterocycles. The molecule has 1 aromatic heterocycles. The topological polar surface area (TPSA) is 28.7 Å². The largest absolute Gasteiger partial charge is 0.331 e. The third-order valence-corrected chi connectivity index (χ3v) is 2.98. The van der Waals surface area contributed by atoms with E-state index < -0.39 is 0 Å². The maximum atomic E-state index is 9.07. The van der Waals surface area contributed by atoms with Gasteiger partial charge in [0.2, 0.25) is 0 Å². The van der Waals surface area contributed by atoms with E-state index in [-0.39, 0.29) is 0 Å². The van der Waals surface area contributed by atoms with Crippen molar-refractivity contribution < 1.29 is 0 Å². The van der Waals surface area contributed by atoms with E-state index in [1.54, 1.807) is 0 Å². The molecule has 0 saturated heterocycles. The quantitative estimate of drug-likeness (QED) is 0.720. The Kier molecular flexibility index (Phi) is 2.42. The van der Waals surface area contributed by atoms with Gasteiger partial charge < -0.3 is 4.57 Å². The number of aromatic nitrogens is 1. The van der Waals surface area contributed by atoms with E-state index in [2.05, 4.69) is 6.07 Å². The molecule has 0 bridgehead atoms. The first-order chi connectivity index (χ1) is 7.19. The van der Waals surface area contributed by atoms with Crippen LogP contribution in [0, 0.1) is 18.3 Å². The van der Waals surface area contributed by atoms with Crippen LogP contribution in [0.15, 0.2) is 18.2 Å². The Morgan fingerprint density at radius 3 is 2.80 bits per heavy atom. The van der Waals surface area contributed by atoms with Gasteiger partial charge in [-0.15, -0.1) is 0 Å². The first kappa shape index (κ1) is 10.1. The van der Waals surface area contributed by atoms with Crippen LogP contribution in [0.1, 0.15) is 18.1 Å². The lowest BCUT2D eigenvalue weighted by Crippen LogP contribution is -1.92. The molecule has 3 heteroatoms. The van der Waals surface area contributed by atoms with Crippen molar-refractivity contribution >= 4 is 22.5 Å². The van der Waals surface area contributed by atoms with Gasteiger partial charge in [-0.2, -0.15) is 5.26 Å². The van der Waals surface area contributed by atoms with Gasteiger partial charge in [-0.25, -0.2) is 0 Å². The number of halogens is 1. The monoisotopic (exact) mass is 218 g/mol. The fraction of sp³-hybridized carbons (Fsp3) is 0.250. The molecule has 0 atom stereocenters. The molecule has 0 fully saturated rings. The highest BCUT2D eigenvalue weighted by Crippen LogP contribution is 2.29. The third-order valence-electron chi connectivity index (χ3n) is 2.58. The van der Waals surface area contributed by atoms with Crippen LogP contribution in [-0.2, 0) is 6.54 Å². The van der Waals surface area contributed by atoms with Crippen molar-refractivity contribution in [1.29, 1.82) is 5.26 Å². The molecule has 0 aliphatic rings. The molecule has 0 N–H and O–H groups in total. The summed E-state index contributed by atoms with van der Waals surface area (Å²) < 4.78 is 1.95. The summed E-state index contributed by atoms with van der Waals surface area (Å²) in [6, 6.07) is 8.22. The standard InChI is InChI=1S/C12H11ClN2/c1-3-15-11-5-4-8(2)6-9(11)10(7-14)12(15)13/h4-6H,3H2,1-2H3. The van der Waals surface area contributed by atoms with Crippen molar-refractivity contribution in [2.75, 3.05) is 0 Å². The van der Waals surface area contributed by atoms with Gasteiger partial charge >= 0.3 is 0 Å². The van der Waals surface area contributed by atoms with Gasteiger partial charge in [0, 0.05) is 11.9 Å². The predicted molar refractivity (Wildman–Crippen MR) is 62.1 cm³/mol. The molecule has 0 radical (unpaired) electrons. The molecule has 2 nitrogen and oxygen atoms in total. The molecular formula is C12H11ClN2. The maximum Gasteiger partial charge on any atom is 0.128 e. The second-order valence-electron chi connectivity index (χ2n) is 3.54. The zero-order valence-electron chi connectivity index (χ0n) is 8.71. The van der Waals surface area contributed by atoms with Crippen LogP contribution in [0.2, 0.25) is 5.15 Å². The number of aryl methyl sites for hydroxylation is 2. The number of nitriles is 1. The smallest absolute Gasteiger partial charge is 0.128 e. The van der Waals surface area contributed by atoms with Gasteiger partial charge in [0.05, 0.1) is 11.1 Å². The molecule has 0 aliphatic carbocycles. The Morgan fingerprint density at radius 2 is 2.20 bits per heavy atom. The average molecular weight is 219 g/mol. The van der Waals surface area contributed by atoms with Crippen LogP contribution in [0.25, 0.3) is 10.9 Å². The first-order valence-corrected chi connectivity index (χ1v) is 5.25. The van der Waals surface area contributed by atoms with E-state index in [4.69, 9.17) is 16.9 Å². The van der Waals surface area contributed by atoms with Crippen LogP contribution in [0.3, 0.4) is 0 Å². The Balaban J connectivity index is 2.93. The number of hydrogen-bond donors (Lipinski definition) is 0. The van der Waals surface area contributed by atoms with Crippen LogP contribution < -0.4 is 0 Å². The van der Waals surface area contributed by atoms with Crippen molar-refractivity contribution in [3.63, 3.8) is 0 Å². The van der Waals surface area contributed by atoms with Gasteiger partial charge in [-0.3, -0.25) is 0 Å².